The number of halogens is 26. The van der Waals surface area contributed by atoms with E-state index < -0.39 is 122 Å². The molecule has 458 valence electrons. The Bertz CT molecular complexity index is 2890. The first kappa shape index (κ1) is 65.8. The summed E-state index contributed by atoms with van der Waals surface area (Å²) in [5.41, 5.74) is 2.20. The van der Waals surface area contributed by atoms with Crippen LogP contribution in [-0.2, 0) is 0 Å². The van der Waals surface area contributed by atoms with Crippen LogP contribution in [0.2, 0.25) is 0 Å². The summed E-state index contributed by atoms with van der Waals surface area (Å²) < 4.78 is 371. The van der Waals surface area contributed by atoms with Gasteiger partial charge in [-0.05, 0) is 121 Å². The van der Waals surface area contributed by atoms with Crippen LogP contribution in [0.4, 0.5) is 148 Å². The van der Waals surface area contributed by atoms with Gasteiger partial charge in [0.15, 0.2) is 0 Å². The van der Waals surface area contributed by atoms with E-state index in [0.29, 0.717) is 46.8 Å². The van der Waals surface area contributed by atoms with Crippen LogP contribution in [0.1, 0.15) is 38.5 Å². The van der Waals surface area contributed by atoms with E-state index in [1.165, 1.54) is 58.3 Å². The lowest BCUT2D eigenvalue weighted by Gasteiger charge is -2.39. The highest BCUT2D eigenvalue weighted by atomic mass is 19.4. The van der Waals surface area contributed by atoms with Gasteiger partial charge in [0.1, 0.15) is 11.5 Å². The Hall–Kier alpha value is -7.30. The third-order valence-electron chi connectivity index (χ3n) is 12.4. The van der Waals surface area contributed by atoms with Crippen molar-refractivity contribution in [3.63, 3.8) is 0 Å². The summed E-state index contributed by atoms with van der Waals surface area (Å²) in [6.07, 6.45) is -37.7. The minimum atomic E-state index is -7.62. The molecule has 30 heteroatoms. The molecule has 0 aliphatic rings. The lowest BCUT2D eigenvalue weighted by Crippen LogP contribution is -2.68. The van der Waals surface area contributed by atoms with Crippen molar-refractivity contribution in [1.82, 2.24) is 0 Å². The van der Waals surface area contributed by atoms with Gasteiger partial charge in [-0.1, -0.05) is 60.7 Å². The van der Waals surface area contributed by atoms with Crippen molar-refractivity contribution in [2.45, 2.75) is 110 Å². The Kier molecular flexibility index (Phi) is 18.3. The number of hydrogen-bond donors (Lipinski definition) is 0. The molecule has 0 amide bonds. The molecule has 0 heterocycles. The van der Waals surface area contributed by atoms with Gasteiger partial charge < -0.3 is 19.3 Å². The zero-order valence-electron chi connectivity index (χ0n) is 41.8. The summed E-state index contributed by atoms with van der Waals surface area (Å²) in [6, 6.07) is 33.3. The first-order chi connectivity index (χ1) is 38.4. The molecule has 0 aromatic heterocycles. The number of para-hydroxylation sites is 2. The summed E-state index contributed by atoms with van der Waals surface area (Å²) >= 11 is 0. The molecule has 6 aromatic rings. The molecule has 0 atom stereocenters. The Morgan fingerprint density at radius 2 is 0.488 bits per heavy atom. The molecule has 0 unspecified atom stereocenters. The number of alkyl halides is 26. The van der Waals surface area contributed by atoms with E-state index in [0.717, 1.165) is 24.3 Å². The molecule has 0 saturated carbocycles. The number of hydrogen-bond acceptors (Lipinski definition) is 4. The quantitative estimate of drug-likeness (QED) is 0.0534. The second-order valence-corrected chi connectivity index (χ2v) is 18.5. The molecule has 84 heavy (non-hydrogen) atoms. The first-order valence-corrected chi connectivity index (χ1v) is 23.8. The smallest absolute Gasteiger partial charge is 0.428 e. The van der Waals surface area contributed by atoms with Gasteiger partial charge >= 0.3 is 72.0 Å². The molecule has 0 radical (unpaired) electrons. The van der Waals surface area contributed by atoms with Gasteiger partial charge in [0.05, 0.1) is 0 Å². The molecule has 6 rings (SSSR count). The summed E-state index contributed by atoms with van der Waals surface area (Å²) in [5.74, 6) is -60.2. The molecule has 0 bridgehead atoms. The fourth-order valence-electron chi connectivity index (χ4n) is 7.96. The SMILES string of the molecule is FC(F)(F)CCCC(F)(F)C(F)(F)C(F)(F)C(F)(F)C(F)(F)Oc1ccc(N(c2ccccc2)c2ccc(-c3ccc(N(c4ccccc4)c4ccc(OC(F)(F)C(F)(F)C(F)(F)C(F)(F)C(F)(F)CCCC(F)(F)F)cc4)cc3)cc2)cc1. The minimum Gasteiger partial charge on any atom is -0.428 e. The van der Waals surface area contributed by atoms with Gasteiger partial charge in [-0.25, -0.2) is 0 Å². The summed E-state index contributed by atoms with van der Waals surface area (Å²) in [7, 11) is 0. The zero-order chi connectivity index (χ0) is 63.0. The number of nitrogens with zero attached hydrogens (tertiary/aromatic N) is 2. The maximum Gasteiger partial charge on any atom is 0.471 e. The standard InChI is InChI=1S/C54H38F26N2O2/c55-43(56,29-7-31-45(59,60)61)47(65,66)49(69,70)51(73,74)53(77,78)83-41-25-21-39(22-26-41)81(35-9-3-1-4-10-35)37-17-13-33(14-18-37)34-15-19-38(20-16-34)82(36-11-5-2-6-12-36)40-23-27-42(28-24-40)84-54(79,80)52(75,76)50(71,72)48(67,68)44(57,58)30-8-32-46(62,63)64/h1-6,9-28H,7-8,29-32H2. The van der Waals surface area contributed by atoms with Crippen molar-refractivity contribution in [2.24, 2.45) is 0 Å². The maximum atomic E-state index is 14.8. The van der Waals surface area contributed by atoms with Gasteiger partial charge in [0.2, 0.25) is 0 Å². The first-order valence-electron chi connectivity index (χ1n) is 23.8. The van der Waals surface area contributed by atoms with Crippen molar-refractivity contribution < 1.29 is 124 Å². The van der Waals surface area contributed by atoms with Crippen molar-refractivity contribution >= 4 is 34.1 Å². The van der Waals surface area contributed by atoms with Crippen molar-refractivity contribution in [3.8, 4) is 22.6 Å². The van der Waals surface area contributed by atoms with E-state index in [2.05, 4.69) is 9.47 Å². The van der Waals surface area contributed by atoms with Crippen LogP contribution in [0.5, 0.6) is 11.5 Å². The molecule has 6 aromatic carbocycles. The van der Waals surface area contributed by atoms with E-state index in [1.807, 2.05) is 0 Å². The molecule has 0 saturated heterocycles. The monoisotopic (exact) mass is 1240 g/mol. The van der Waals surface area contributed by atoms with Gasteiger partial charge in [0, 0.05) is 59.8 Å². The average molecular weight is 1240 g/mol. The predicted molar refractivity (Wildman–Crippen MR) is 252 cm³/mol. The van der Waals surface area contributed by atoms with E-state index in [-0.39, 0.29) is 22.7 Å². The Morgan fingerprint density at radius 1 is 0.250 bits per heavy atom. The minimum absolute atomic E-state index is 0.0102. The van der Waals surface area contributed by atoms with Crippen LogP contribution < -0.4 is 19.3 Å². The van der Waals surface area contributed by atoms with Gasteiger partial charge in [0.25, 0.3) is 0 Å². The number of benzene rings is 6. The Labute approximate surface area is 457 Å². The third kappa shape index (κ3) is 13.3. The molecule has 0 aliphatic carbocycles. The Balaban J connectivity index is 1.21. The van der Waals surface area contributed by atoms with Crippen LogP contribution in [0.15, 0.2) is 158 Å². The predicted octanol–water partition coefficient (Wildman–Crippen LogP) is 20.8. The van der Waals surface area contributed by atoms with E-state index in [9.17, 15) is 114 Å². The van der Waals surface area contributed by atoms with Crippen LogP contribution in [0, 0.1) is 0 Å². The largest absolute Gasteiger partial charge is 0.471 e. The molecular formula is C54H38F26N2O2. The number of ether oxygens (including phenoxy) is 2. The summed E-state index contributed by atoms with van der Waals surface area (Å²) in [5, 5.41) is 0. The third-order valence-corrected chi connectivity index (χ3v) is 12.4. The highest BCUT2D eigenvalue weighted by molar-refractivity contribution is 5.81. The highest BCUT2D eigenvalue weighted by Crippen LogP contribution is 2.60. The summed E-state index contributed by atoms with van der Waals surface area (Å²) in [6.45, 7) is 0. The van der Waals surface area contributed by atoms with E-state index >= 15 is 0 Å². The van der Waals surface area contributed by atoms with Crippen LogP contribution >= 0.6 is 0 Å². The number of anilines is 6. The molecule has 0 aliphatic heterocycles. The molecule has 0 N–H and O–H groups in total. The van der Waals surface area contributed by atoms with Crippen LogP contribution in [0.25, 0.3) is 11.1 Å². The van der Waals surface area contributed by atoms with Crippen molar-refractivity contribution in [2.75, 3.05) is 9.80 Å². The molecule has 0 fully saturated rings. The highest BCUT2D eigenvalue weighted by Gasteiger charge is 2.88. The second-order valence-electron chi connectivity index (χ2n) is 18.5. The van der Waals surface area contributed by atoms with Gasteiger partial charge in [-0.3, -0.25) is 0 Å². The lowest BCUT2D eigenvalue weighted by atomic mass is 9.94. The van der Waals surface area contributed by atoms with E-state index in [1.54, 1.807) is 60.7 Å². The fraction of sp³-hybridized carbons (Fsp3) is 0.333. The number of rotatable bonds is 25. The van der Waals surface area contributed by atoms with Crippen LogP contribution in [-0.4, -0.2) is 72.0 Å². The zero-order valence-corrected chi connectivity index (χ0v) is 41.8. The fourth-order valence-corrected chi connectivity index (χ4v) is 7.96. The van der Waals surface area contributed by atoms with E-state index in [4.69, 9.17) is 0 Å². The maximum absolute atomic E-state index is 14.8. The summed E-state index contributed by atoms with van der Waals surface area (Å²) in [4.78, 5) is 2.84. The topological polar surface area (TPSA) is 24.9 Å². The molecule has 4 nitrogen and oxygen atoms in total. The van der Waals surface area contributed by atoms with Crippen molar-refractivity contribution in [3.05, 3.63) is 158 Å². The Morgan fingerprint density at radius 3 is 0.738 bits per heavy atom. The van der Waals surface area contributed by atoms with Crippen LogP contribution in [0.3, 0.4) is 0 Å². The van der Waals surface area contributed by atoms with Gasteiger partial charge in [-0.15, -0.1) is 0 Å². The lowest BCUT2D eigenvalue weighted by molar-refractivity contribution is -0.431. The van der Waals surface area contributed by atoms with Crippen molar-refractivity contribution in [1.29, 1.82) is 0 Å². The molecule has 0 spiro atoms. The molecular weight excluding hydrogens is 1200 g/mol. The average Bonchev–Trinajstić information content (AvgIpc) is 0.818. The van der Waals surface area contributed by atoms with Gasteiger partial charge in [-0.2, -0.15) is 114 Å². The second kappa shape index (κ2) is 23.3. The normalized spacial score (nSPS) is 13.9.